The van der Waals surface area contributed by atoms with Crippen molar-refractivity contribution in [3.8, 4) is 22.7 Å². The first kappa shape index (κ1) is 16.2. The van der Waals surface area contributed by atoms with Gasteiger partial charge in [0, 0.05) is 28.9 Å². The molecule has 0 aliphatic carbocycles. The number of hydrogen-bond acceptors (Lipinski definition) is 6. The molecule has 4 rings (SSSR count). The summed E-state index contributed by atoms with van der Waals surface area (Å²) in [5.74, 6) is 0.536. The van der Waals surface area contributed by atoms with Crippen molar-refractivity contribution in [2.24, 2.45) is 0 Å². The molecule has 1 amide bonds. The van der Waals surface area contributed by atoms with E-state index in [1.807, 2.05) is 47.8 Å². The molecule has 26 heavy (non-hydrogen) atoms. The Morgan fingerprint density at radius 1 is 1.08 bits per heavy atom. The summed E-state index contributed by atoms with van der Waals surface area (Å²) in [6.45, 7) is 1.72. The number of aromatic nitrogens is 3. The Bertz CT molecular complexity index is 1040. The monoisotopic (exact) mass is 362 g/mol. The number of anilines is 1. The summed E-state index contributed by atoms with van der Waals surface area (Å²) < 4.78 is 5.64. The van der Waals surface area contributed by atoms with Crippen molar-refractivity contribution in [3.05, 3.63) is 71.7 Å². The van der Waals surface area contributed by atoms with Crippen LogP contribution < -0.4 is 5.32 Å². The molecular weight excluding hydrogens is 348 g/mol. The van der Waals surface area contributed by atoms with Gasteiger partial charge in [0.1, 0.15) is 5.76 Å². The lowest BCUT2D eigenvalue weighted by Gasteiger charge is -1.98. The van der Waals surface area contributed by atoms with E-state index in [0.29, 0.717) is 16.8 Å². The quantitative estimate of drug-likeness (QED) is 0.581. The van der Waals surface area contributed by atoms with E-state index in [9.17, 15) is 4.79 Å². The molecule has 7 heteroatoms. The van der Waals surface area contributed by atoms with E-state index >= 15 is 0 Å². The van der Waals surface area contributed by atoms with Crippen LogP contribution in [0.4, 0.5) is 5.13 Å². The van der Waals surface area contributed by atoms with Gasteiger partial charge >= 0.3 is 0 Å². The minimum atomic E-state index is -0.347. The molecule has 0 saturated carbocycles. The number of nitrogens with zero attached hydrogens (tertiary/aromatic N) is 3. The predicted octanol–water partition coefficient (Wildman–Crippen LogP) is 4.42. The van der Waals surface area contributed by atoms with Gasteiger partial charge in [-0.25, -0.2) is 9.97 Å². The van der Waals surface area contributed by atoms with Crippen molar-refractivity contribution >= 4 is 22.4 Å². The molecule has 1 aromatic carbocycles. The molecule has 0 bridgehead atoms. The summed E-state index contributed by atoms with van der Waals surface area (Å²) in [4.78, 5) is 25.4. The highest BCUT2D eigenvalue weighted by Crippen LogP contribution is 2.26. The smallest absolute Gasteiger partial charge is 0.279 e. The number of rotatable bonds is 4. The van der Waals surface area contributed by atoms with Crippen LogP contribution in [-0.4, -0.2) is 20.9 Å². The lowest BCUT2D eigenvalue weighted by atomic mass is 10.2. The number of thiazole rings is 1. The number of hydrogen-bond donors (Lipinski definition) is 1. The summed E-state index contributed by atoms with van der Waals surface area (Å²) >= 11 is 1.35. The minimum absolute atomic E-state index is 0.252. The molecular formula is C19H14N4O2S. The maximum absolute atomic E-state index is 12.5. The molecule has 0 unspecified atom stereocenters. The van der Waals surface area contributed by atoms with Crippen molar-refractivity contribution in [1.82, 2.24) is 15.0 Å². The normalized spacial score (nSPS) is 10.7. The summed E-state index contributed by atoms with van der Waals surface area (Å²) in [6, 6.07) is 13.2. The van der Waals surface area contributed by atoms with Crippen LogP contribution in [0.2, 0.25) is 0 Å². The first-order valence-corrected chi connectivity index (χ1v) is 8.79. The molecule has 0 aliphatic heterocycles. The lowest BCUT2D eigenvalue weighted by Crippen LogP contribution is -2.13. The zero-order valence-corrected chi connectivity index (χ0v) is 14.7. The standard InChI is InChI=1S/C19H14N4O2S/c1-12-16(22-18(25-12)13-6-3-2-4-7-13)17(24)23-19-21-15(11-26-19)14-8-5-9-20-10-14/h2-11H,1H3,(H,21,23,24). The molecule has 3 heterocycles. The van der Waals surface area contributed by atoms with E-state index in [2.05, 4.69) is 20.3 Å². The number of carbonyl (C=O) groups is 1. The highest BCUT2D eigenvalue weighted by atomic mass is 32.1. The van der Waals surface area contributed by atoms with Crippen LogP contribution in [0.1, 0.15) is 16.2 Å². The summed E-state index contributed by atoms with van der Waals surface area (Å²) in [5.41, 5.74) is 2.73. The van der Waals surface area contributed by atoms with Gasteiger partial charge in [-0.3, -0.25) is 15.1 Å². The van der Waals surface area contributed by atoms with Crippen molar-refractivity contribution < 1.29 is 9.21 Å². The Morgan fingerprint density at radius 2 is 1.88 bits per heavy atom. The first-order valence-electron chi connectivity index (χ1n) is 7.91. The van der Waals surface area contributed by atoms with Crippen LogP contribution in [0.5, 0.6) is 0 Å². The Hall–Kier alpha value is -3.32. The molecule has 0 saturated heterocycles. The fourth-order valence-electron chi connectivity index (χ4n) is 2.45. The van der Waals surface area contributed by atoms with E-state index in [1.54, 1.807) is 19.3 Å². The molecule has 0 fully saturated rings. The van der Waals surface area contributed by atoms with Gasteiger partial charge in [0.15, 0.2) is 10.8 Å². The first-order chi connectivity index (χ1) is 12.7. The van der Waals surface area contributed by atoms with Crippen molar-refractivity contribution in [3.63, 3.8) is 0 Å². The molecule has 0 spiro atoms. The van der Waals surface area contributed by atoms with Crippen LogP contribution in [0.15, 0.2) is 64.7 Å². The van der Waals surface area contributed by atoms with Gasteiger partial charge in [-0.05, 0) is 31.2 Å². The van der Waals surface area contributed by atoms with Gasteiger partial charge in [0.05, 0.1) is 5.69 Å². The Morgan fingerprint density at radius 3 is 2.65 bits per heavy atom. The maximum Gasteiger partial charge on any atom is 0.279 e. The fraction of sp³-hybridized carbons (Fsp3) is 0.0526. The summed E-state index contributed by atoms with van der Waals surface area (Å²) in [6.07, 6.45) is 3.44. The molecule has 0 aliphatic rings. The van der Waals surface area contributed by atoms with Crippen LogP contribution in [0.3, 0.4) is 0 Å². The SMILES string of the molecule is Cc1oc(-c2ccccc2)nc1C(=O)Nc1nc(-c2cccnc2)cs1. The predicted molar refractivity (Wildman–Crippen MR) is 100.0 cm³/mol. The van der Waals surface area contributed by atoms with Gasteiger partial charge < -0.3 is 4.42 Å². The van der Waals surface area contributed by atoms with Gasteiger partial charge in [-0.15, -0.1) is 11.3 Å². The average molecular weight is 362 g/mol. The fourth-order valence-corrected chi connectivity index (χ4v) is 3.16. The number of pyridine rings is 1. The molecule has 0 radical (unpaired) electrons. The van der Waals surface area contributed by atoms with Crippen LogP contribution >= 0.6 is 11.3 Å². The number of oxazole rings is 1. The second-order valence-electron chi connectivity index (χ2n) is 5.52. The number of amides is 1. The molecule has 1 N–H and O–H groups in total. The van der Waals surface area contributed by atoms with E-state index in [1.165, 1.54) is 11.3 Å². The number of carbonyl (C=O) groups excluding carboxylic acids is 1. The highest BCUT2D eigenvalue weighted by Gasteiger charge is 2.19. The second-order valence-corrected chi connectivity index (χ2v) is 6.38. The molecule has 128 valence electrons. The van der Waals surface area contributed by atoms with Gasteiger partial charge in [0.25, 0.3) is 5.91 Å². The van der Waals surface area contributed by atoms with E-state index in [0.717, 1.165) is 16.8 Å². The van der Waals surface area contributed by atoms with Gasteiger partial charge in [0.2, 0.25) is 5.89 Å². The second kappa shape index (κ2) is 6.89. The van der Waals surface area contributed by atoms with Crippen molar-refractivity contribution in [1.29, 1.82) is 0 Å². The summed E-state index contributed by atoms with van der Waals surface area (Å²) in [5, 5.41) is 5.15. The largest absolute Gasteiger partial charge is 0.441 e. The zero-order valence-electron chi connectivity index (χ0n) is 13.8. The number of benzene rings is 1. The maximum atomic E-state index is 12.5. The third-order valence-corrected chi connectivity index (χ3v) is 4.47. The molecule has 6 nitrogen and oxygen atoms in total. The topological polar surface area (TPSA) is 80.9 Å². The molecule has 3 aromatic heterocycles. The summed E-state index contributed by atoms with van der Waals surface area (Å²) in [7, 11) is 0. The minimum Gasteiger partial charge on any atom is -0.441 e. The van der Waals surface area contributed by atoms with Crippen LogP contribution in [0.25, 0.3) is 22.7 Å². The van der Waals surface area contributed by atoms with Gasteiger partial charge in [-0.2, -0.15) is 0 Å². The van der Waals surface area contributed by atoms with Gasteiger partial charge in [-0.1, -0.05) is 18.2 Å². The van der Waals surface area contributed by atoms with E-state index in [4.69, 9.17) is 4.42 Å². The molecule has 0 atom stereocenters. The van der Waals surface area contributed by atoms with E-state index in [-0.39, 0.29) is 11.6 Å². The van der Waals surface area contributed by atoms with Crippen molar-refractivity contribution in [2.45, 2.75) is 6.92 Å². The molecule has 4 aromatic rings. The Kier molecular flexibility index (Phi) is 4.28. The van der Waals surface area contributed by atoms with Crippen LogP contribution in [-0.2, 0) is 0 Å². The lowest BCUT2D eigenvalue weighted by molar-refractivity contribution is 0.102. The highest BCUT2D eigenvalue weighted by molar-refractivity contribution is 7.14. The Balaban J connectivity index is 1.54. The van der Waals surface area contributed by atoms with E-state index < -0.39 is 0 Å². The zero-order chi connectivity index (χ0) is 17.9. The number of aryl methyl sites for hydroxylation is 1. The number of nitrogens with one attached hydrogen (secondary N) is 1. The van der Waals surface area contributed by atoms with Crippen molar-refractivity contribution in [2.75, 3.05) is 5.32 Å². The van der Waals surface area contributed by atoms with Crippen LogP contribution in [0, 0.1) is 6.92 Å². The third kappa shape index (κ3) is 3.25. The Labute approximate surface area is 153 Å². The third-order valence-electron chi connectivity index (χ3n) is 3.71. The average Bonchev–Trinajstić information content (AvgIpc) is 3.30.